The minimum atomic E-state index is -0.901. The summed E-state index contributed by atoms with van der Waals surface area (Å²) in [5.74, 6) is -0.853. The lowest BCUT2D eigenvalue weighted by Gasteiger charge is -2.16. The summed E-state index contributed by atoms with van der Waals surface area (Å²) < 4.78 is 5.76. The molecule has 0 radical (unpaired) electrons. The third-order valence-corrected chi connectivity index (χ3v) is 4.44. The fourth-order valence-electron chi connectivity index (χ4n) is 2.87. The third-order valence-electron chi connectivity index (χ3n) is 4.44. The standard InChI is InChI=1S/C22H34O6/c1-2-3-4-5-6-9-12-20-19(25)16-21(28-20)18(24)15-14-17(23)11-8-7-10-13-22(26)27/h3-4,6-9,14-15,17-21,23-25H,2,5,10-13,16H2,1H3,(H,26,27)/b4-3-,8-7-,9-6-,15-14+/t17-,18+,19+,20+,21+/m1/s1. The van der Waals surface area contributed by atoms with Crippen molar-refractivity contribution in [1.29, 1.82) is 0 Å². The zero-order chi connectivity index (χ0) is 20.8. The Bertz CT molecular complexity index is 551. The Labute approximate surface area is 167 Å². The van der Waals surface area contributed by atoms with Gasteiger partial charge in [-0.15, -0.1) is 0 Å². The van der Waals surface area contributed by atoms with Crippen LogP contribution in [0.1, 0.15) is 51.9 Å². The summed E-state index contributed by atoms with van der Waals surface area (Å²) in [7, 11) is 0. The number of rotatable bonds is 13. The normalized spacial score (nSPS) is 25.5. The monoisotopic (exact) mass is 394 g/mol. The highest BCUT2D eigenvalue weighted by Gasteiger charge is 2.36. The van der Waals surface area contributed by atoms with Gasteiger partial charge in [0.05, 0.1) is 30.5 Å². The molecule has 4 N–H and O–H groups in total. The van der Waals surface area contributed by atoms with E-state index in [4.69, 9.17) is 9.84 Å². The number of aliphatic carboxylic acids is 1. The Morgan fingerprint density at radius 3 is 2.57 bits per heavy atom. The fourth-order valence-corrected chi connectivity index (χ4v) is 2.87. The van der Waals surface area contributed by atoms with E-state index in [1.807, 2.05) is 12.2 Å². The number of hydrogen-bond acceptors (Lipinski definition) is 5. The molecular weight excluding hydrogens is 360 g/mol. The Kier molecular flexibility index (Phi) is 12.4. The van der Waals surface area contributed by atoms with Crippen LogP contribution in [-0.2, 0) is 9.53 Å². The van der Waals surface area contributed by atoms with Crippen LogP contribution in [0, 0.1) is 0 Å². The summed E-state index contributed by atoms with van der Waals surface area (Å²) in [6.07, 6.45) is 15.2. The van der Waals surface area contributed by atoms with Crippen molar-refractivity contribution < 1.29 is 30.0 Å². The molecule has 5 atom stereocenters. The van der Waals surface area contributed by atoms with E-state index in [0.29, 0.717) is 25.7 Å². The molecule has 1 fully saturated rings. The number of carbonyl (C=O) groups is 1. The molecule has 1 aliphatic heterocycles. The molecule has 0 aromatic heterocycles. The quantitative estimate of drug-likeness (QED) is 0.358. The van der Waals surface area contributed by atoms with Gasteiger partial charge in [0.2, 0.25) is 0 Å². The molecule has 1 heterocycles. The minimum Gasteiger partial charge on any atom is -0.481 e. The summed E-state index contributed by atoms with van der Waals surface area (Å²) in [6, 6.07) is 0. The van der Waals surface area contributed by atoms with E-state index < -0.39 is 30.4 Å². The molecule has 0 aromatic carbocycles. The minimum absolute atomic E-state index is 0.0638. The Morgan fingerprint density at radius 1 is 1.11 bits per heavy atom. The van der Waals surface area contributed by atoms with Gasteiger partial charge in [-0.1, -0.05) is 55.5 Å². The van der Waals surface area contributed by atoms with E-state index in [0.717, 1.165) is 12.8 Å². The largest absolute Gasteiger partial charge is 0.481 e. The first-order chi connectivity index (χ1) is 13.4. The van der Waals surface area contributed by atoms with Crippen LogP contribution in [0.3, 0.4) is 0 Å². The van der Waals surface area contributed by atoms with Crippen molar-refractivity contribution in [2.75, 3.05) is 0 Å². The predicted molar refractivity (Wildman–Crippen MR) is 109 cm³/mol. The van der Waals surface area contributed by atoms with Gasteiger partial charge in [0.25, 0.3) is 0 Å². The second-order valence-electron chi connectivity index (χ2n) is 6.92. The summed E-state index contributed by atoms with van der Waals surface area (Å²) in [5, 5.41) is 38.8. The lowest BCUT2D eigenvalue weighted by molar-refractivity contribution is -0.136. The van der Waals surface area contributed by atoms with E-state index in [1.165, 1.54) is 12.2 Å². The molecule has 0 saturated carbocycles. The molecule has 0 aliphatic carbocycles. The molecule has 6 nitrogen and oxygen atoms in total. The molecule has 0 aromatic rings. The van der Waals surface area contributed by atoms with E-state index in [-0.39, 0.29) is 12.5 Å². The van der Waals surface area contributed by atoms with Gasteiger partial charge in [-0.3, -0.25) is 4.79 Å². The van der Waals surface area contributed by atoms with Crippen LogP contribution in [-0.4, -0.2) is 56.9 Å². The van der Waals surface area contributed by atoms with Gasteiger partial charge in [-0.25, -0.2) is 0 Å². The fraction of sp³-hybridized carbons (Fsp3) is 0.591. The first kappa shape index (κ1) is 24.3. The second-order valence-corrected chi connectivity index (χ2v) is 6.92. The van der Waals surface area contributed by atoms with E-state index in [9.17, 15) is 20.1 Å². The molecule has 158 valence electrons. The van der Waals surface area contributed by atoms with Crippen LogP contribution in [0.5, 0.6) is 0 Å². The maximum atomic E-state index is 10.4. The Balaban J connectivity index is 2.33. The molecule has 6 heteroatoms. The van der Waals surface area contributed by atoms with Crippen molar-refractivity contribution in [2.24, 2.45) is 0 Å². The van der Waals surface area contributed by atoms with E-state index >= 15 is 0 Å². The van der Waals surface area contributed by atoms with Crippen LogP contribution in [0.25, 0.3) is 0 Å². The van der Waals surface area contributed by atoms with Crippen molar-refractivity contribution in [3.05, 3.63) is 48.6 Å². The van der Waals surface area contributed by atoms with Crippen LogP contribution in [0.15, 0.2) is 48.6 Å². The second kappa shape index (κ2) is 14.3. The van der Waals surface area contributed by atoms with Crippen LogP contribution < -0.4 is 0 Å². The lowest BCUT2D eigenvalue weighted by Crippen LogP contribution is -2.24. The summed E-state index contributed by atoms with van der Waals surface area (Å²) in [6.45, 7) is 2.08. The number of aliphatic hydroxyl groups is 3. The SMILES string of the molecule is CC/C=C\C/C=C\C[C@@H]1O[C@H]([C@@H](O)/C=C/[C@H](O)C/C=C\CCC(=O)O)C[C@@H]1O. The summed E-state index contributed by atoms with van der Waals surface area (Å²) >= 11 is 0. The number of aliphatic hydroxyl groups excluding tert-OH is 3. The Morgan fingerprint density at radius 2 is 1.86 bits per heavy atom. The van der Waals surface area contributed by atoms with Gasteiger partial charge in [0.15, 0.2) is 0 Å². The predicted octanol–water partition coefficient (Wildman–Crippen LogP) is 2.90. The van der Waals surface area contributed by atoms with Crippen molar-refractivity contribution >= 4 is 5.97 Å². The molecular formula is C22H34O6. The van der Waals surface area contributed by atoms with Gasteiger partial charge in [-0.05, 0) is 32.1 Å². The van der Waals surface area contributed by atoms with Crippen LogP contribution in [0.2, 0.25) is 0 Å². The van der Waals surface area contributed by atoms with Crippen molar-refractivity contribution in [3.8, 4) is 0 Å². The molecule has 28 heavy (non-hydrogen) atoms. The molecule has 0 spiro atoms. The van der Waals surface area contributed by atoms with E-state index in [1.54, 1.807) is 12.2 Å². The first-order valence-electron chi connectivity index (χ1n) is 9.98. The molecule has 0 bridgehead atoms. The molecule has 0 amide bonds. The first-order valence-corrected chi connectivity index (χ1v) is 9.98. The lowest BCUT2D eigenvalue weighted by atomic mass is 10.0. The molecule has 1 rings (SSSR count). The molecule has 1 aliphatic rings. The van der Waals surface area contributed by atoms with Gasteiger partial charge < -0.3 is 25.2 Å². The van der Waals surface area contributed by atoms with Gasteiger partial charge >= 0.3 is 5.97 Å². The average molecular weight is 395 g/mol. The maximum absolute atomic E-state index is 10.4. The molecule has 0 unspecified atom stereocenters. The third kappa shape index (κ3) is 10.6. The van der Waals surface area contributed by atoms with Crippen molar-refractivity contribution in [1.82, 2.24) is 0 Å². The average Bonchev–Trinajstić information content (AvgIpc) is 3.03. The molecule has 1 saturated heterocycles. The van der Waals surface area contributed by atoms with Gasteiger partial charge in [-0.2, -0.15) is 0 Å². The summed E-state index contributed by atoms with van der Waals surface area (Å²) in [4.78, 5) is 10.4. The summed E-state index contributed by atoms with van der Waals surface area (Å²) in [5.41, 5.74) is 0. The maximum Gasteiger partial charge on any atom is 0.303 e. The Hall–Kier alpha value is -1.73. The van der Waals surface area contributed by atoms with Crippen LogP contribution >= 0.6 is 0 Å². The number of carboxylic acids is 1. The highest BCUT2D eigenvalue weighted by Crippen LogP contribution is 2.26. The number of hydrogen-bond donors (Lipinski definition) is 4. The van der Waals surface area contributed by atoms with Gasteiger partial charge in [0.1, 0.15) is 0 Å². The topological polar surface area (TPSA) is 107 Å². The van der Waals surface area contributed by atoms with Gasteiger partial charge in [0, 0.05) is 12.8 Å². The van der Waals surface area contributed by atoms with Crippen molar-refractivity contribution in [3.63, 3.8) is 0 Å². The zero-order valence-electron chi connectivity index (χ0n) is 16.6. The van der Waals surface area contributed by atoms with Crippen molar-refractivity contribution in [2.45, 2.75) is 82.4 Å². The highest BCUT2D eigenvalue weighted by molar-refractivity contribution is 5.66. The highest BCUT2D eigenvalue weighted by atomic mass is 16.5. The van der Waals surface area contributed by atoms with E-state index in [2.05, 4.69) is 19.1 Å². The van der Waals surface area contributed by atoms with Crippen LogP contribution in [0.4, 0.5) is 0 Å². The number of ether oxygens (including phenoxy) is 1. The number of allylic oxidation sites excluding steroid dienone is 4. The smallest absolute Gasteiger partial charge is 0.303 e. The zero-order valence-corrected chi connectivity index (χ0v) is 16.6. The number of carboxylic acid groups (broad SMARTS) is 1.